The minimum atomic E-state index is -0.500. The average molecular weight is 791 g/mol. The van der Waals surface area contributed by atoms with Crippen LogP contribution < -0.4 is 0 Å². The summed E-state index contributed by atoms with van der Waals surface area (Å²) in [6.45, 7) is 0. The highest BCUT2D eigenvalue weighted by Crippen LogP contribution is 2.57. The summed E-state index contributed by atoms with van der Waals surface area (Å²) in [4.78, 5) is 10.6. The zero-order valence-electron chi connectivity index (χ0n) is 33.7. The van der Waals surface area contributed by atoms with Crippen LogP contribution in [0.1, 0.15) is 22.3 Å². The van der Waals surface area contributed by atoms with Crippen molar-refractivity contribution in [2.24, 2.45) is 0 Å². The number of hydrogen-bond donors (Lipinski definition) is 0. The Labute approximate surface area is 360 Å². The lowest BCUT2D eigenvalue weighted by Crippen LogP contribution is -2.28. The van der Waals surface area contributed by atoms with Crippen molar-refractivity contribution < 1.29 is 4.42 Å². The molecule has 0 amide bonds. The summed E-state index contributed by atoms with van der Waals surface area (Å²) in [5.41, 5.74) is 18.0. The van der Waals surface area contributed by atoms with E-state index in [0.29, 0.717) is 5.82 Å². The molecule has 0 atom stereocenters. The Morgan fingerprint density at radius 2 is 0.871 bits per heavy atom. The van der Waals surface area contributed by atoms with Crippen molar-refractivity contribution in [2.75, 3.05) is 0 Å². The highest BCUT2D eigenvalue weighted by molar-refractivity contribution is 6.12. The van der Waals surface area contributed by atoms with E-state index < -0.39 is 5.41 Å². The van der Waals surface area contributed by atoms with Crippen molar-refractivity contribution in [3.05, 3.63) is 253 Å². The molecule has 0 N–H and O–H groups in total. The largest absolute Gasteiger partial charge is 0.456 e. The molecule has 0 aliphatic heterocycles. The van der Waals surface area contributed by atoms with E-state index in [-0.39, 0.29) is 0 Å². The molecule has 0 fully saturated rings. The topological polar surface area (TPSA) is 38.9 Å². The molecule has 3 heteroatoms. The number of hydrogen-bond acceptors (Lipinski definition) is 3. The predicted octanol–water partition coefficient (Wildman–Crippen LogP) is 15.1. The highest BCUT2D eigenvalue weighted by Gasteiger charge is 2.46. The zero-order valence-corrected chi connectivity index (χ0v) is 33.7. The molecule has 0 saturated heterocycles. The van der Waals surface area contributed by atoms with Crippen LogP contribution in [0.5, 0.6) is 0 Å². The third-order valence-corrected chi connectivity index (χ3v) is 12.6. The van der Waals surface area contributed by atoms with Gasteiger partial charge in [-0.25, -0.2) is 9.97 Å². The molecule has 290 valence electrons. The molecule has 2 heterocycles. The van der Waals surface area contributed by atoms with Crippen LogP contribution in [-0.2, 0) is 5.41 Å². The second-order valence-corrected chi connectivity index (χ2v) is 16.0. The first-order valence-corrected chi connectivity index (χ1v) is 21.1. The van der Waals surface area contributed by atoms with Crippen molar-refractivity contribution in [2.45, 2.75) is 5.41 Å². The van der Waals surface area contributed by atoms with Gasteiger partial charge in [0.1, 0.15) is 11.2 Å². The fourth-order valence-electron chi connectivity index (χ4n) is 9.88. The zero-order chi connectivity index (χ0) is 41.0. The van der Waals surface area contributed by atoms with Crippen LogP contribution in [0, 0.1) is 0 Å². The van der Waals surface area contributed by atoms with E-state index >= 15 is 0 Å². The second-order valence-electron chi connectivity index (χ2n) is 16.0. The summed E-state index contributed by atoms with van der Waals surface area (Å²) in [5, 5.41) is 2.22. The van der Waals surface area contributed by atoms with Crippen molar-refractivity contribution in [1.29, 1.82) is 0 Å². The number of benzene rings is 9. The monoisotopic (exact) mass is 790 g/mol. The summed E-state index contributed by atoms with van der Waals surface area (Å²) in [5.74, 6) is 0.679. The summed E-state index contributed by atoms with van der Waals surface area (Å²) >= 11 is 0. The Bertz CT molecular complexity index is 3420. The standard InChI is InChI=1S/C59H38N2O/c1-4-18-39(19-5-1)58-60-53(42-21-16-20-40(36-42)46-30-17-33-56-57(46)50-29-13-15-32-55(50)62-56)38-54(61-58)49-28-11-10-26-45(49)41-34-35-48-47-27-12-14-31-51(47)59(52(48)37-41,43-22-6-2-7-23-43)44-24-8-3-9-25-44/h1-38H. The smallest absolute Gasteiger partial charge is 0.160 e. The minimum absolute atomic E-state index is 0.500. The molecule has 0 saturated carbocycles. The van der Waals surface area contributed by atoms with Gasteiger partial charge < -0.3 is 4.42 Å². The Balaban J connectivity index is 1.04. The first kappa shape index (κ1) is 35.8. The van der Waals surface area contributed by atoms with E-state index in [1.807, 2.05) is 36.4 Å². The lowest BCUT2D eigenvalue weighted by molar-refractivity contribution is 0.669. The van der Waals surface area contributed by atoms with Crippen molar-refractivity contribution >= 4 is 21.9 Å². The van der Waals surface area contributed by atoms with Gasteiger partial charge in [-0.2, -0.15) is 0 Å². The molecule has 0 radical (unpaired) electrons. The van der Waals surface area contributed by atoms with Crippen LogP contribution >= 0.6 is 0 Å². The molecule has 1 aliphatic rings. The minimum Gasteiger partial charge on any atom is -0.456 e. The number of fused-ring (bicyclic) bond motifs is 6. The summed E-state index contributed by atoms with van der Waals surface area (Å²) in [7, 11) is 0. The van der Waals surface area contributed by atoms with E-state index in [1.165, 1.54) is 33.4 Å². The van der Waals surface area contributed by atoms with Gasteiger partial charge in [0.15, 0.2) is 5.82 Å². The first-order valence-electron chi connectivity index (χ1n) is 21.1. The third-order valence-electron chi connectivity index (χ3n) is 12.6. The average Bonchev–Trinajstić information content (AvgIpc) is 3.88. The van der Waals surface area contributed by atoms with E-state index in [4.69, 9.17) is 14.4 Å². The Morgan fingerprint density at radius 3 is 1.66 bits per heavy atom. The van der Waals surface area contributed by atoms with Gasteiger partial charge in [0.25, 0.3) is 0 Å². The maximum Gasteiger partial charge on any atom is 0.160 e. The van der Waals surface area contributed by atoms with Crippen LogP contribution in [0.2, 0.25) is 0 Å². The fourth-order valence-corrected chi connectivity index (χ4v) is 9.88. The van der Waals surface area contributed by atoms with E-state index in [9.17, 15) is 0 Å². The Kier molecular flexibility index (Phi) is 8.39. The molecule has 62 heavy (non-hydrogen) atoms. The second kappa shape index (κ2) is 14.5. The lowest BCUT2D eigenvalue weighted by atomic mass is 9.67. The number of aromatic nitrogens is 2. The molecule has 11 aromatic rings. The van der Waals surface area contributed by atoms with Crippen molar-refractivity contribution in [1.82, 2.24) is 9.97 Å². The quantitative estimate of drug-likeness (QED) is 0.161. The molecule has 9 aromatic carbocycles. The molecule has 0 spiro atoms. The molecular weight excluding hydrogens is 753 g/mol. The van der Waals surface area contributed by atoms with Crippen molar-refractivity contribution in [3.8, 4) is 67.3 Å². The maximum atomic E-state index is 6.28. The highest BCUT2D eigenvalue weighted by atomic mass is 16.3. The number of furan rings is 1. The molecule has 0 bridgehead atoms. The molecule has 0 unspecified atom stereocenters. The molecule has 12 rings (SSSR count). The first-order chi connectivity index (χ1) is 30.7. The maximum absolute atomic E-state index is 6.28. The lowest BCUT2D eigenvalue weighted by Gasteiger charge is -2.34. The SMILES string of the molecule is c1ccc(-c2nc(-c3cccc(-c4cccc5oc6ccccc6c45)c3)cc(-c3ccccc3-c3ccc4c(c3)C(c3ccccc3)(c3ccccc3)c3ccccc3-4)n2)cc1. The summed E-state index contributed by atoms with van der Waals surface area (Å²) in [6.07, 6.45) is 0. The number of para-hydroxylation sites is 1. The van der Waals surface area contributed by atoms with Gasteiger partial charge in [-0.3, -0.25) is 0 Å². The Morgan fingerprint density at radius 1 is 0.323 bits per heavy atom. The van der Waals surface area contributed by atoms with Gasteiger partial charge in [-0.05, 0) is 86.0 Å². The fraction of sp³-hybridized carbons (Fsp3) is 0.0169. The van der Waals surface area contributed by atoms with E-state index in [0.717, 1.165) is 72.3 Å². The third kappa shape index (κ3) is 5.67. The number of nitrogens with zero attached hydrogens (tertiary/aromatic N) is 2. The molecule has 1 aliphatic carbocycles. The van der Waals surface area contributed by atoms with Crippen molar-refractivity contribution in [3.63, 3.8) is 0 Å². The molecule has 3 nitrogen and oxygen atoms in total. The molecule has 2 aromatic heterocycles. The normalized spacial score (nSPS) is 12.6. The van der Waals surface area contributed by atoms with Crippen LogP contribution in [0.15, 0.2) is 235 Å². The van der Waals surface area contributed by atoms with Gasteiger partial charge in [-0.1, -0.05) is 200 Å². The van der Waals surface area contributed by atoms with Gasteiger partial charge >= 0.3 is 0 Å². The summed E-state index contributed by atoms with van der Waals surface area (Å²) in [6, 6.07) is 82.3. The van der Waals surface area contributed by atoms with Gasteiger partial charge in [-0.15, -0.1) is 0 Å². The van der Waals surface area contributed by atoms with Gasteiger partial charge in [0.2, 0.25) is 0 Å². The van der Waals surface area contributed by atoms with Gasteiger partial charge in [0.05, 0.1) is 16.8 Å². The van der Waals surface area contributed by atoms with Crippen LogP contribution in [0.25, 0.3) is 89.2 Å². The van der Waals surface area contributed by atoms with Crippen LogP contribution in [0.4, 0.5) is 0 Å². The van der Waals surface area contributed by atoms with Gasteiger partial charge in [0, 0.05) is 27.5 Å². The molecular formula is C59H38N2O. The van der Waals surface area contributed by atoms with E-state index in [1.54, 1.807) is 0 Å². The number of rotatable bonds is 7. The van der Waals surface area contributed by atoms with E-state index in [2.05, 4.69) is 194 Å². The van der Waals surface area contributed by atoms with Crippen LogP contribution in [0.3, 0.4) is 0 Å². The Hall–Kier alpha value is -8.14. The predicted molar refractivity (Wildman–Crippen MR) is 254 cm³/mol. The van der Waals surface area contributed by atoms with Crippen LogP contribution in [-0.4, -0.2) is 9.97 Å². The summed E-state index contributed by atoms with van der Waals surface area (Å²) < 4.78 is 6.28.